The summed E-state index contributed by atoms with van der Waals surface area (Å²) in [7, 11) is 0. The van der Waals surface area contributed by atoms with Crippen LogP contribution in [-0.2, 0) is 0 Å². The molecule has 0 amide bonds. The molecule has 0 aliphatic heterocycles. The molecule has 0 aliphatic carbocycles. The van der Waals surface area contributed by atoms with Crippen molar-refractivity contribution in [3.63, 3.8) is 0 Å². The molecule has 0 atom stereocenters. The Morgan fingerprint density at radius 3 is 1.93 bits per heavy atom. The molecular weight excluding hydrogens is 205 g/mol. The zero-order valence-electron chi connectivity index (χ0n) is 5.99. The molecule has 2 aromatic rings. The van der Waals surface area contributed by atoms with Gasteiger partial charge in [0.15, 0.2) is 0 Å². The maximum absolute atomic E-state index is 9.37. The predicted octanol–water partition coefficient (Wildman–Crippen LogP) is 0.600. The quantitative estimate of drug-likeness (QED) is 0.639. The zero-order valence-corrected chi connectivity index (χ0v) is 5.99. The van der Waals surface area contributed by atoms with E-state index in [1.807, 2.05) is 36.4 Å². The summed E-state index contributed by atoms with van der Waals surface area (Å²) in [6, 6.07) is 13.3. The van der Waals surface area contributed by atoms with E-state index in [9.17, 15) is 5.11 Å². The van der Waals surface area contributed by atoms with Gasteiger partial charge in [-0.25, -0.2) is 0 Å². The molecule has 1 nitrogen and oxygen atoms in total. The van der Waals surface area contributed by atoms with E-state index in [4.69, 9.17) is 0 Å². The molecule has 4 heteroatoms. The standard InChI is InChI=1S/C10H8O.3Na.3H/c11-10-7-3-5-8-4-1-2-6-9(8)10;;;;;;/h1-7,11H;;;;;;. The summed E-state index contributed by atoms with van der Waals surface area (Å²) in [5.41, 5.74) is 0. The van der Waals surface area contributed by atoms with Gasteiger partial charge in [0.25, 0.3) is 0 Å². The van der Waals surface area contributed by atoms with Crippen LogP contribution in [0, 0.1) is 0 Å². The van der Waals surface area contributed by atoms with Crippen LogP contribution in [0.25, 0.3) is 10.8 Å². The summed E-state index contributed by atoms with van der Waals surface area (Å²) < 4.78 is 0. The fraction of sp³-hybridized carbons (Fsp3) is 0. The van der Waals surface area contributed by atoms with Crippen LogP contribution in [0.15, 0.2) is 42.5 Å². The van der Waals surface area contributed by atoms with Crippen LogP contribution in [0.1, 0.15) is 0 Å². The number of phenolic OH excluding ortho intramolecular Hbond substituents is 1. The van der Waals surface area contributed by atoms with E-state index in [-0.39, 0.29) is 88.7 Å². The van der Waals surface area contributed by atoms with Crippen LogP contribution in [0.4, 0.5) is 0 Å². The third-order valence-electron chi connectivity index (χ3n) is 1.77. The van der Waals surface area contributed by atoms with Gasteiger partial charge in [0.05, 0.1) is 0 Å². The fourth-order valence-corrected chi connectivity index (χ4v) is 1.21. The van der Waals surface area contributed by atoms with Gasteiger partial charge >= 0.3 is 88.7 Å². The second kappa shape index (κ2) is 8.63. The number of phenols is 1. The topological polar surface area (TPSA) is 20.2 Å². The Morgan fingerprint density at radius 1 is 0.714 bits per heavy atom. The SMILES string of the molecule is Oc1cccc2ccccc12.[NaH].[NaH].[NaH]. The second-order valence-corrected chi connectivity index (χ2v) is 2.50. The van der Waals surface area contributed by atoms with Crippen molar-refractivity contribution in [2.24, 2.45) is 0 Å². The average Bonchev–Trinajstić information content (AvgIpc) is 2.06. The third kappa shape index (κ3) is 4.17. The first-order valence-corrected chi connectivity index (χ1v) is 3.54. The molecule has 2 rings (SSSR count). The Hall–Kier alpha value is 1.50. The Labute approximate surface area is 150 Å². The van der Waals surface area contributed by atoms with Crippen LogP contribution in [0.5, 0.6) is 5.75 Å². The van der Waals surface area contributed by atoms with Crippen molar-refractivity contribution in [3.8, 4) is 5.75 Å². The molecule has 0 saturated heterocycles. The van der Waals surface area contributed by atoms with E-state index in [0.29, 0.717) is 5.75 Å². The minimum atomic E-state index is 0. The van der Waals surface area contributed by atoms with Crippen molar-refractivity contribution in [3.05, 3.63) is 42.5 Å². The van der Waals surface area contributed by atoms with Gasteiger partial charge < -0.3 is 5.11 Å². The van der Waals surface area contributed by atoms with Crippen molar-refractivity contribution in [1.82, 2.24) is 0 Å². The van der Waals surface area contributed by atoms with E-state index in [1.165, 1.54) is 0 Å². The fourth-order valence-electron chi connectivity index (χ4n) is 1.21. The van der Waals surface area contributed by atoms with Crippen LogP contribution in [-0.4, -0.2) is 93.8 Å². The molecule has 0 saturated carbocycles. The molecule has 0 fully saturated rings. The first-order valence-electron chi connectivity index (χ1n) is 3.54. The van der Waals surface area contributed by atoms with E-state index >= 15 is 0 Å². The Balaban J connectivity index is 0. The van der Waals surface area contributed by atoms with Gasteiger partial charge in [-0.3, -0.25) is 0 Å². The number of hydrogen-bond donors (Lipinski definition) is 1. The van der Waals surface area contributed by atoms with Gasteiger partial charge in [0.2, 0.25) is 0 Å². The maximum atomic E-state index is 9.37. The van der Waals surface area contributed by atoms with Crippen molar-refractivity contribution < 1.29 is 5.11 Å². The molecule has 0 heterocycles. The number of rotatable bonds is 0. The van der Waals surface area contributed by atoms with Crippen LogP contribution < -0.4 is 0 Å². The molecule has 2 aromatic carbocycles. The minimum absolute atomic E-state index is 0. The summed E-state index contributed by atoms with van der Waals surface area (Å²) in [4.78, 5) is 0. The molecule has 1 N–H and O–H groups in total. The number of benzene rings is 2. The molecule has 60 valence electrons. The van der Waals surface area contributed by atoms with Crippen molar-refractivity contribution in [2.75, 3.05) is 0 Å². The molecule has 0 radical (unpaired) electrons. The summed E-state index contributed by atoms with van der Waals surface area (Å²) >= 11 is 0. The second-order valence-electron chi connectivity index (χ2n) is 2.50. The molecule has 0 bridgehead atoms. The zero-order chi connectivity index (χ0) is 7.68. The first kappa shape index (κ1) is 17.9. The average molecular weight is 216 g/mol. The van der Waals surface area contributed by atoms with Crippen LogP contribution >= 0.6 is 0 Å². The van der Waals surface area contributed by atoms with E-state index in [2.05, 4.69) is 0 Å². The van der Waals surface area contributed by atoms with E-state index in [0.717, 1.165) is 10.8 Å². The summed E-state index contributed by atoms with van der Waals surface area (Å²) in [5.74, 6) is 0.350. The van der Waals surface area contributed by atoms with Gasteiger partial charge in [-0.2, -0.15) is 0 Å². The molecule has 0 spiro atoms. The monoisotopic (exact) mass is 216 g/mol. The van der Waals surface area contributed by atoms with Crippen LogP contribution in [0.3, 0.4) is 0 Å². The number of aromatic hydroxyl groups is 1. The van der Waals surface area contributed by atoms with E-state index < -0.39 is 0 Å². The summed E-state index contributed by atoms with van der Waals surface area (Å²) in [6.45, 7) is 0. The van der Waals surface area contributed by atoms with Crippen molar-refractivity contribution in [1.29, 1.82) is 0 Å². The first-order chi connectivity index (χ1) is 5.38. The summed E-state index contributed by atoms with van der Waals surface area (Å²) in [6.07, 6.45) is 0. The molecule has 0 aliphatic rings. The van der Waals surface area contributed by atoms with Crippen LogP contribution in [0.2, 0.25) is 0 Å². The number of hydrogen-bond acceptors (Lipinski definition) is 1. The normalized spacial score (nSPS) is 8.00. The predicted molar refractivity (Wildman–Crippen MR) is 67.1 cm³/mol. The molecular formula is C10H11Na3O. The Kier molecular flexibility index (Phi) is 11.0. The van der Waals surface area contributed by atoms with Gasteiger partial charge in [0, 0.05) is 5.39 Å². The van der Waals surface area contributed by atoms with Gasteiger partial charge in [0.1, 0.15) is 5.75 Å². The summed E-state index contributed by atoms with van der Waals surface area (Å²) in [5, 5.41) is 11.4. The number of fused-ring (bicyclic) bond motifs is 1. The van der Waals surface area contributed by atoms with Crippen molar-refractivity contribution in [2.45, 2.75) is 0 Å². The van der Waals surface area contributed by atoms with Crippen molar-refractivity contribution >= 4 is 99.4 Å². The molecule has 0 aromatic heterocycles. The Bertz CT molecular complexity index is 385. The Morgan fingerprint density at radius 2 is 1.29 bits per heavy atom. The molecule has 0 unspecified atom stereocenters. The van der Waals surface area contributed by atoms with Gasteiger partial charge in [-0.05, 0) is 11.5 Å². The molecule has 14 heavy (non-hydrogen) atoms. The van der Waals surface area contributed by atoms with E-state index in [1.54, 1.807) is 6.07 Å². The third-order valence-corrected chi connectivity index (χ3v) is 1.77. The van der Waals surface area contributed by atoms with Gasteiger partial charge in [-0.1, -0.05) is 36.4 Å². The van der Waals surface area contributed by atoms with Gasteiger partial charge in [-0.15, -0.1) is 0 Å².